The predicted octanol–water partition coefficient (Wildman–Crippen LogP) is 3.78. The summed E-state index contributed by atoms with van der Waals surface area (Å²) >= 11 is 0. The molecule has 22 heavy (non-hydrogen) atoms. The van der Waals surface area contributed by atoms with E-state index in [1.165, 1.54) is 12.4 Å². The molecule has 0 bridgehead atoms. The van der Waals surface area contributed by atoms with Crippen LogP contribution in [0.1, 0.15) is 40.0 Å². The Morgan fingerprint density at radius 2 is 2.00 bits per heavy atom. The maximum absolute atomic E-state index is 12.8. The van der Waals surface area contributed by atoms with Crippen molar-refractivity contribution in [2.24, 2.45) is 5.41 Å². The van der Waals surface area contributed by atoms with Crippen LogP contribution >= 0.6 is 0 Å². The van der Waals surface area contributed by atoms with E-state index in [0.29, 0.717) is 0 Å². The van der Waals surface area contributed by atoms with Gasteiger partial charge in [0.25, 0.3) is 0 Å². The fraction of sp³-hybridized carbons (Fsp3) is 0.714. The van der Waals surface area contributed by atoms with Gasteiger partial charge in [0.15, 0.2) is 5.75 Å². The number of halogens is 3. The Bertz CT molecular complexity index is 542. The van der Waals surface area contributed by atoms with Crippen LogP contribution in [0.15, 0.2) is 12.4 Å². The first-order valence-electron chi connectivity index (χ1n) is 7.00. The quantitative estimate of drug-likeness (QED) is 0.847. The average Bonchev–Trinajstić information content (AvgIpc) is 2.98. The van der Waals surface area contributed by atoms with E-state index in [0.717, 1.165) is 4.68 Å². The largest absolute Gasteiger partial charge is 0.490 e. The minimum absolute atomic E-state index is 0.0699. The molecule has 0 saturated heterocycles. The third kappa shape index (κ3) is 3.92. The zero-order chi connectivity index (χ0) is 16.6. The fourth-order valence-electron chi connectivity index (χ4n) is 1.98. The smallest absolute Gasteiger partial charge is 0.435 e. The number of aromatic nitrogens is 2. The second-order valence-corrected chi connectivity index (χ2v) is 6.48. The molecular formula is C14H19F3N2O3. The molecule has 1 fully saturated rings. The molecule has 0 radical (unpaired) electrons. The number of rotatable bonds is 4. The van der Waals surface area contributed by atoms with Crippen molar-refractivity contribution in [2.75, 3.05) is 6.61 Å². The standard InChI is InChI=1S/C14H19F3N2O3/c1-12(2,3)22-11(20)19-9-10(8-18-19)21-7-6-13(4-5-13)14(15,16)17/h8-9H,4-7H2,1-3H3. The van der Waals surface area contributed by atoms with E-state index >= 15 is 0 Å². The van der Waals surface area contributed by atoms with Crippen LogP contribution in [0.5, 0.6) is 5.75 Å². The summed E-state index contributed by atoms with van der Waals surface area (Å²) in [4.78, 5) is 11.7. The number of alkyl halides is 3. The molecule has 1 aromatic rings. The molecule has 1 aliphatic rings. The Hall–Kier alpha value is -1.73. The zero-order valence-electron chi connectivity index (χ0n) is 12.7. The van der Waals surface area contributed by atoms with Crippen LogP contribution in [0.3, 0.4) is 0 Å². The summed E-state index contributed by atoms with van der Waals surface area (Å²) in [6.45, 7) is 5.09. The van der Waals surface area contributed by atoms with Crippen LogP contribution in [0.2, 0.25) is 0 Å². The monoisotopic (exact) mass is 320 g/mol. The lowest BCUT2D eigenvalue weighted by Crippen LogP contribution is -2.27. The van der Waals surface area contributed by atoms with E-state index < -0.39 is 23.3 Å². The molecule has 1 heterocycles. The summed E-state index contributed by atoms with van der Waals surface area (Å²) in [5, 5.41) is 3.77. The van der Waals surface area contributed by atoms with Gasteiger partial charge in [-0.15, -0.1) is 0 Å². The molecule has 1 saturated carbocycles. The first kappa shape index (κ1) is 16.6. The average molecular weight is 320 g/mol. The van der Waals surface area contributed by atoms with Gasteiger partial charge in [-0.2, -0.15) is 23.0 Å². The number of ether oxygens (including phenoxy) is 2. The van der Waals surface area contributed by atoms with Crippen molar-refractivity contribution in [2.45, 2.75) is 51.8 Å². The molecule has 0 N–H and O–H groups in total. The molecule has 1 aromatic heterocycles. The van der Waals surface area contributed by atoms with Crippen molar-refractivity contribution >= 4 is 6.09 Å². The normalized spacial score (nSPS) is 17.2. The molecule has 0 spiro atoms. The van der Waals surface area contributed by atoms with E-state index in [1.54, 1.807) is 20.8 Å². The summed E-state index contributed by atoms with van der Waals surface area (Å²) in [7, 11) is 0. The van der Waals surface area contributed by atoms with Gasteiger partial charge in [-0.05, 0) is 40.0 Å². The molecule has 0 aliphatic heterocycles. The highest BCUT2D eigenvalue weighted by Crippen LogP contribution is 2.59. The first-order chi connectivity index (χ1) is 10.0. The van der Waals surface area contributed by atoms with E-state index in [2.05, 4.69) is 5.10 Å². The first-order valence-corrected chi connectivity index (χ1v) is 7.00. The molecule has 0 amide bonds. The van der Waals surface area contributed by atoms with Crippen LogP contribution < -0.4 is 4.74 Å². The Kier molecular flexibility index (Phi) is 4.14. The second kappa shape index (κ2) is 5.48. The van der Waals surface area contributed by atoms with Gasteiger partial charge >= 0.3 is 12.3 Å². The summed E-state index contributed by atoms with van der Waals surface area (Å²) in [6, 6.07) is 0. The van der Waals surface area contributed by atoms with Crippen molar-refractivity contribution in [1.29, 1.82) is 0 Å². The van der Waals surface area contributed by atoms with Crippen molar-refractivity contribution in [3.05, 3.63) is 12.4 Å². The highest BCUT2D eigenvalue weighted by Gasteiger charge is 2.62. The van der Waals surface area contributed by atoms with Gasteiger partial charge in [-0.3, -0.25) is 0 Å². The summed E-state index contributed by atoms with van der Waals surface area (Å²) < 4.78 is 49.6. The van der Waals surface area contributed by atoms with Gasteiger partial charge in [-0.1, -0.05) is 0 Å². The van der Waals surface area contributed by atoms with E-state index in [4.69, 9.17) is 9.47 Å². The number of carbonyl (C=O) groups excluding carboxylic acids is 1. The Morgan fingerprint density at radius 3 is 2.50 bits per heavy atom. The maximum atomic E-state index is 12.8. The number of nitrogens with zero attached hydrogens (tertiary/aromatic N) is 2. The van der Waals surface area contributed by atoms with Crippen LogP contribution in [-0.2, 0) is 4.74 Å². The van der Waals surface area contributed by atoms with E-state index in [-0.39, 0.29) is 31.6 Å². The summed E-state index contributed by atoms with van der Waals surface area (Å²) in [5.74, 6) is 0.240. The molecule has 124 valence electrons. The number of hydrogen-bond acceptors (Lipinski definition) is 4. The fourth-order valence-corrected chi connectivity index (χ4v) is 1.98. The van der Waals surface area contributed by atoms with Crippen molar-refractivity contribution in [3.63, 3.8) is 0 Å². The third-order valence-electron chi connectivity index (χ3n) is 3.44. The summed E-state index contributed by atoms with van der Waals surface area (Å²) in [5.41, 5.74) is -2.25. The van der Waals surface area contributed by atoms with Crippen molar-refractivity contribution in [3.8, 4) is 5.75 Å². The van der Waals surface area contributed by atoms with Gasteiger partial charge < -0.3 is 9.47 Å². The minimum atomic E-state index is -4.18. The number of carbonyl (C=O) groups is 1. The number of hydrogen-bond donors (Lipinski definition) is 0. The molecule has 0 atom stereocenters. The van der Waals surface area contributed by atoms with Gasteiger partial charge in [0.1, 0.15) is 5.60 Å². The van der Waals surface area contributed by atoms with Crippen LogP contribution in [0.4, 0.5) is 18.0 Å². The van der Waals surface area contributed by atoms with Crippen molar-refractivity contribution < 1.29 is 27.4 Å². The topological polar surface area (TPSA) is 53.4 Å². The van der Waals surface area contributed by atoms with E-state index in [9.17, 15) is 18.0 Å². The van der Waals surface area contributed by atoms with Gasteiger partial charge in [0, 0.05) is 0 Å². The summed E-state index contributed by atoms with van der Waals surface area (Å²) in [6.07, 6.45) is -2.08. The zero-order valence-corrected chi connectivity index (χ0v) is 12.7. The Morgan fingerprint density at radius 1 is 1.36 bits per heavy atom. The minimum Gasteiger partial charge on any atom is -0.490 e. The maximum Gasteiger partial charge on any atom is 0.435 e. The molecule has 0 unspecified atom stereocenters. The van der Waals surface area contributed by atoms with E-state index in [1.807, 2.05) is 0 Å². The van der Waals surface area contributed by atoms with Gasteiger partial charge in [0.2, 0.25) is 0 Å². The molecular weight excluding hydrogens is 301 g/mol. The van der Waals surface area contributed by atoms with Crippen LogP contribution in [0.25, 0.3) is 0 Å². The molecule has 8 heteroatoms. The Labute approximate surface area is 126 Å². The SMILES string of the molecule is CC(C)(C)OC(=O)n1cc(OCCC2(C(F)(F)F)CC2)cn1. The second-order valence-electron chi connectivity index (χ2n) is 6.48. The third-order valence-corrected chi connectivity index (χ3v) is 3.44. The van der Waals surface area contributed by atoms with Crippen LogP contribution in [-0.4, -0.2) is 34.3 Å². The lowest BCUT2D eigenvalue weighted by Gasteiger charge is -2.19. The highest BCUT2D eigenvalue weighted by atomic mass is 19.4. The molecule has 5 nitrogen and oxygen atoms in total. The predicted molar refractivity (Wildman–Crippen MR) is 71.7 cm³/mol. The lowest BCUT2D eigenvalue weighted by molar-refractivity contribution is -0.190. The van der Waals surface area contributed by atoms with Gasteiger partial charge in [0.05, 0.1) is 24.4 Å². The lowest BCUT2D eigenvalue weighted by atomic mass is 10.0. The van der Waals surface area contributed by atoms with Gasteiger partial charge in [-0.25, -0.2) is 4.79 Å². The highest BCUT2D eigenvalue weighted by molar-refractivity contribution is 5.70. The Balaban J connectivity index is 1.84. The molecule has 2 rings (SSSR count). The molecule has 1 aliphatic carbocycles. The molecule has 0 aromatic carbocycles. The van der Waals surface area contributed by atoms with Crippen molar-refractivity contribution in [1.82, 2.24) is 9.78 Å². The van der Waals surface area contributed by atoms with Crippen LogP contribution in [0, 0.1) is 5.41 Å².